The van der Waals surface area contributed by atoms with Crippen molar-refractivity contribution in [1.82, 2.24) is 45.6 Å². The molecule has 5 amide bonds. The molecule has 15 heteroatoms. The molecule has 2 aromatic carbocycles. The molecule has 0 radical (unpaired) electrons. The van der Waals surface area contributed by atoms with E-state index in [0.717, 1.165) is 16.8 Å². The number of benzene rings is 2. The smallest absolute Gasteiger partial charge is 0.271 e. The highest BCUT2D eigenvalue weighted by Gasteiger charge is 2.31. The summed E-state index contributed by atoms with van der Waals surface area (Å²) in [6, 6.07) is 14.2. The second-order valence-corrected chi connectivity index (χ2v) is 14.5. The van der Waals surface area contributed by atoms with Gasteiger partial charge >= 0.3 is 0 Å². The van der Waals surface area contributed by atoms with E-state index in [4.69, 9.17) is 0 Å². The summed E-state index contributed by atoms with van der Waals surface area (Å²) in [4.78, 5) is 79.3. The van der Waals surface area contributed by atoms with Crippen molar-refractivity contribution in [3.05, 3.63) is 101 Å². The minimum atomic E-state index is -0.992. The van der Waals surface area contributed by atoms with E-state index < -0.39 is 41.9 Å². The van der Waals surface area contributed by atoms with Crippen LogP contribution in [0.15, 0.2) is 78.7 Å². The Hall–Kier alpha value is -5.41. The number of thiazole rings is 1. The predicted octanol–water partition coefficient (Wildman–Crippen LogP) is 2.47. The predicted molar refractivity (Wildman–Crippen MR) is 201 cm³/mol. The zero-order valence-corrected chi connectivity index (χ0v) is 31.4. The first-order valence-electron chi connectivity index (χ1n) is 17.6. The van der Waals surface area contributed by atoms with Gasteiger partial charge in [-0.25, -0.2) is 9.97 Å². The summed E-state index contributed by atoms with van der Waals surface area (Å²) in [5.74, 6) is -2.53. The molecule has 4 aromatic rings. The lowest BCUT2D eigenvalue weighted by molar-refractivity contribution is -0.136. The molecule has 4 N–H and O–H groups in total. The molecular formula is C38H47N9O5S. The molecule has 1 aliphatic rings. The number of carbonyl (C=O) groups is 5. The van der Waals surface area contributed by atoms with E-state index >= 15 is 0 Å². The molecule has 53 heavy (non-hydrogen) atoms. The Labute approximate surface area is 313 Å². The van der Waals surface area contributed by atoms with Gasteiger partial charge in [0.1, 0.15) is 28.8 Å². The van der Waals surface area contributed by atoms with E-state index in [1.165, 1.54) is 23.2 Å². The van der Waals surface area contributed by atoms with Crippen molar-refractivity contribution in [2.45, 2.75) is 64.8 Å². The van der Waals surface area contributed by atoms with Gasteiger partial charge in [-0.05, 0) is 49.4 Å². The van der Waals surface area contributed by atoms with E-state index in [2.05, 4.69) is 31.2 Å². The SMILES string of the molecule is CC(C)[C@@H]1NC(=O)[C@H](C)NC(=O)c2csc(n2)[C@H](Cc2ccccc2)NC(=O)CN(Cc2ccc(-n3ccnc3)cc2)CCN(C)C(=O)[C@@H](C)NC1=O. The van der Waals surface area contributed by atoms with Crippen LogP contribution in [0.1, 0.15) is 60.4 Å². The third kappa shape index (κ3) is 10.6. The van der Waals surface area contributed by atoms with Gasteiger partial charge in [-0.3, -0.25) is 28.9 Å². The van der Waals surface area contributed by atoms with Gasteiger partial charge < -0.3 is 30.7 Å². The van der Waals surface area contributed by atoms with Crippen LogP contribution < -0.4 is 21.3 Å². The van der Waals surface area contributed by atoms with Gasteiger partial charge in [0.15, 0.2) is 0 Å². The van der Waals surface area contributed by atoms with Crippen LogP contribution in [-0.2, 0) is 32.1 Å². The van der Waals surface area contributed by atoms with Crippen molar-refractivity contribution < 1.29 is 24.0 Å². The molecule has 0 saturated carbocycles. The number of imidazole rings is 1. The Morgan fingerprint density at radius 1 is 0.849 bits per heavy atom. The molecular weight excluding hydrogens is 695 g/mol. The number of nitrogens with one attached hydrogen (secondary N) is 4. The van der Waals surface area contributed by atoms with E-state index in [1.807, 2.05) is 70.3 Å². The summed E-state index contributed by atoms with van der Waals surface area (Å²) in [6.07, 6.45) is 5.72. The first-order chi connectivity index (χ1) is 25.4. The van der Waals surface area contributed by atoms with E-state index in [9.17, 15) is 24.0 Å². The summed E-state index contributed by atoms with van der Waals surface area (Å²) < 4.78 is 1.90. The number of aromatic nitrogens is 3. The summed E-state index contributed by atoms with van der Waals surface area (Å²) in [5, 5.41) is 13.4. The zero-order valence-electron chi connectivity index (χ0n) is 30.6. The van der Waals surface area contributed by atoms with Crippen LogP contribution in [0.5, 0.6) is 0 Å². The Morgan fingerprint density at radius 3 is 2.26 bits per heavy atom. The molecule has 2 aromatic heterocycles. The molecule has 14 nitrogen and oxygen atoms in total. The molecule has 5 rings (SSSR count). The van der Waals surface area contributed by atoms with Crippen LogP contribution in [0.4, 0.5) is 0 Å². The normalized spacial score (nSPS) is 21.7. The van der Waals surface area contributed by atoms with Crippen LogP contribution in [0, 0.1) is 5.92 Å². The Kier molecular flexibility index (Phi) is 13.1. The largest absolute Gasteiger partial charge is 0.345 e. The van der Waals surface area contributed by atoms with Gasteiger partial charge in [0.25, 0.3) is 5.91 Å². The molecule has 0 fully saturated rings. The van der Waals surface area contributed by atoms with Crippen LogP contribution >= 0.6 is 11.3 Å². The maximum absolute atomic E-state index is 13.9. The summed E-state index contributed by atoms with van der Waals surface area (Å²) in [6.45, 7) is 7.75. The Bertz CT molecular complexity index is 1860. The molecule has 0 unspecified atom stereocenters. The summed E-state index contributed by atoms with van der Waals surface area (Å²) >= 11 is 1.24. The van der Waals surface area contributed by atoms with Crippen molar-refractivity contribution >= 4 is 40.9 Å². The number of rotatable bonds is 6. The van der Waals surface area contributed by atoms with Crippen LogP contribution in [0.2, 0.25) is 0 Å². The number of nitrogens with zero attached hydrogens (tertiary/aromatic N) is 5. The third-order valence-electron chi connectivity index (χ3n) is 9.03. The monoisotopic (exact) mass is 741 g/mol. The topological polar surface area (TPSA) is 171 Å². The van der Waals surface area contributed by atoms with Crippen molar-refractivity contribution in [1.29, 1.82) is 0 Å². The highest BCUT2D eigenvalue weighted by atomic mass is 32.1. The average molecular weight is 742 g/mol. The lowest BCUT2D eigenvalue weighted by atomic mass is 10.0. The molecule has 4 atom stereocenters. The zero-order chi connectivity index (χ0) is 38.1. The molecule has 1 aliphatic heterocycles. The van der Waals surface area contributed by atoms with E-state index in [1.54, 1.807) is 45.7 Å². The van der Waals surface area contributed by atoms with Gasteiger partial charge in [-0.15, -0.1) is 11.3 Å². The molecule has 3 heterocycles. The van der Waals surface area contributed by atoms with Gasteiger partial charge in [0.2, 0.25) is 23.6 Å². The fourth-order valence-corrected chi connectivity index (χ4v) is 6.80. The fourth-order valence-electron chi connectivity index (χ4n) is 5.95. The molecule has 2 bridgehead atoms. The lowest BCUT2D eigenvalue weighted by Gasteiger charge is -2.29. The standard InChI is InChI=1S/C38H47N9O5S/c1-24(2)33-36(51)41-26(4)38(52)45(5)17-18-46(20-28-11-13-29(14-12-28)47-16-15-39-23-47)21-32(48)42-30(19-27-9-7-6-8-10-27)37-43-31(22-53-37)35(50)40-25(3)34(49)44-33/h6-16,22-26,30,33H,17-21H2,1-5H3,(H,40,50)(H,41,51)(H,42,48)(H,44,49)/t25-,26+,30-,33-/m0/s1. The van der Waals surface area contributed by atoms with Crippen molar-refractivity contribution in [2.24, 2.45) is 5.92 Å². The first-order valence-corrected chi connectivity index (χ1v) is 18.5. The van der Waals surface area contributed by atoms with Crippen molar-refractivity contribution in [3.8, 4) is 5.69 Å². The van der Waals surface area contributed by atoms with Gasteiger partial charge in [-0.1, -0.05) is 56.3 Å². The van der Waals surface area contributed by atoms with Gasteiger partial charge in [0, 0.05) is 50.1 Å². The van der Waals surface area contributed by atoms with Crippen LogP contribution in [0.25, 0.3) is 5.69 Å². The summed E-state index contributed by atoms with van der Waals surface area (Å²) in [5.41, 5.74) is 2.99. The molecule has 0 spiro atoms. The molecule has 280 valence electrons. The minimum Gasteiger partial charge on any atom is -0.345 e. The van der Waals surface area contributed by atoms with Gasteiger partial charge in [0.05, 0.1) is 18.9 Å². The third-order valence-corrected chi connectivity index (χ3v) is 9.99. The highest BCUT2D eigenvalue weighted by Crippen LogP contribution is 2.23. The number of hydrogen-bond donors (Lipinski definition) is 4. The lowest BCUT2D eigenvalue weighted by Crippen LogP contribution is -2.57. The Balaban J connectivity index is 1.43. The number of amides is 5. The maximum Gasteiger partial charge on any atom is 0.271 e. The molecule has 0 aliphatic carbocycles. The van der Waals surface area contributed by atoms with Crippen LogP contribution in [0.3, 0.4) is 0 Å². The molecule has 0 saturated heterocycles. The summed E-state index contributed by atoms with van der Waals surface area (Å²) in [7, 11) is 1.65. The van der Waals surface area contributed by atoms with Crippen molar-refractivity contribution in [2.75, 3.05) is 26.7 Å². The van der Waals surface area contributed by atoms with Crippen molar-refractivity contribution in [3.63, 3.8) is 0 Å². The first kappa shape index (κ1) is 38.8. The van der Waals surface area contributed by atoms with Crippen LogP contribution in [-0.4, -0.2) is 98.7 Å². The maximum atomic E-state index is 13.9. The highest BCUT2D eigenvalue weighted by molar-refractivity contribution is 7.09. The second kappa shape index (κ2) is 17.9. The number of carbonyl (C=O) groups excluding carboxylic acids is 5. The number of likely N-dealkylation sites (N-methyl/N-ethyl adjacent to an activating group) is 1. The quantitative estimate of drug-likeness (QED) is 0.234. The fraction of sp³-hybridized carbons (Fsp3) is 0.395. The second-order valence-electron chi connectivity index (χ2n) is 13.6. The Morgan fingerprint density at radius 2 is 1.58 bits per heavy atom. The minimum absolute atomic E-state index is 0.0168. The number of fused-ring (bicyclic) bond motifs is 2. The van der Waals surface area contributed by atoms with Gasteiger partial charge in [-0.2, -0.15) is 0 Å². The number of hydrogen-bond acceptors (Lipinski definition) is 9. The van der Waals surface area contributed by atoms with E-state index in [-0.39, 0.29) is 36.5 Å². The average Bonchev–Trinajstić information content (AvgIpc) is 3.86. The van der Waals surface area contributed by atoms with E-state index in [0.29, 0.717) is 24.5 Å².